The highest BCUT2D eigenvalue weighted by molar-refractivity contribution is 5.90. The van der Waals surface area contributed by atoms with E-state index in [4.69, 9.17) is 9.47 Å². The number of carbonyl (C=O) groups excluding carboxylic acids is 2. The summed E-state index contributed by atoms with van der Waals surface area (Å²) in [6.45, 7) is 7.66. The summed E-state index contributed by atoms with van der Waals surface area (Å²) in [5, 5.41) is 0.990. The molecule has 1 aromatic heterocycles. The Labute approximate surface area is 141 Å². The summed E-state index contributed by atoms with van der Waals surface area (Å²) in [7, 11) is 0. The van der Waals surface area contributed by atoms with Crippen LogP contribution in [-0.2, 0) is 25.6 Å². The van der Waals surface area contributed by atoms with Crippen LogP contribution in [0.2, 0.25) is 0 Å². The molecule has 0 fully saturated rings. The van der Waals surface area contributed by atoms with Gasteiger partial charge in [0.2, 0.25) is 0 Å². The van der Waals surface area contributed by atoms with E-state index in [1.54, 1.807) is 13.0 Å². The second-order valence-corrected chi connectivity index (χ2v) is 6.39. The number of esters is 2. The highest BCUT2D eigenvalue weighted by atomic mass is 16.6. The van der Waals surface area contributed by atoms with Crippen molar-refractivity contribution in [2.24, 2.45) is 0 Å². The van der Waals surface area contributed by atoms with Gasteiger partial charge in [-0.25, -0.2) is 4.79 Å². The van der Waals surface area contributed by atoms with Gasteiger partial charge in [0.15, 0.2) is 0 Å². The first-order valence-corrected chi connectivity index (χ1v) is 7.95. The first-order valence-electron chi connectivity index (χ1n) is 7.95. The van der Waals surface area contributed by atoms with Crippen molar-refractivity contribution in [1.82, 2.24) is 4.57 Å². The van der Waals surface area contributed by atoms with E-state index in [9.17, 15) is 9.59 Å². The second-order valence-electron chi connectivity index (χ2n) is 6.39. The molecule has 2 rings (SSSR count). The highest BCUT2D eigenvalue weighted by Gasteiger charge is 2.18. The molecule has 0 atom stereocenters. The maximum absolute atomic E-state index is 12.2. The van der Waals surface area contributed by atoms with Gasteiger partial charge in [0.05, 0.1) is 6.61 Å². The standard InChI is InChI=1S/C19H23NO4/c1-5-23-17(21)11-10-15-12-14-8-6-7-9-16(14)20(15)13-18(22)24-19(2,3)4/h6-12H,5,13H2,1-4H3/b11-10+. The molecule has 0 aliphatic heterocycles. The molecule has 5 nitrogen and oxygen atoms in total. The van der Waals surface area contributed by atoms with Crippen LogP contribution in [0.25, 0.3) is 17.0 Å². The van der Waals surface area contributed by atoms with Crippen LogP contribution < -0.4 is 0 Å². The topological polar surface area (TPSA) is 57.5 Å². The van der Waals surface area contributed by atoms with E-state index in [2.05, 4.69) is 0 Å². The number of rotatable bonds is 5. The molecule has 0 aliphatic carbocycles. The lowest BCUT2D eigenvalue weighted by atomic mass is 10.2. The van der Waals surface area contributed by atoms with Crippen LogP contribution in [0.4, 0.5) is 0 Å². The minimum atomic E-state index is -0.541. The monoisotopic (exact) mass is 329 g/mol. The fourth-order valence-corrected chi connectivity index (χ4v) is 2.39. The molecule has 1 aromatic carbocycles. The van der Waals surface area contributed by atoms with Gasteiger partial charge in [0, 0.05) is 22.7 Å². The molecule has 0 saturated heterocycles. The summed E-state index contributed by atoms with van der Waals surface area (Å²) >= 11 is 0. The molecule has 2 aromatic rings. The zero-order chi connectivity index (χ0) is 17.7. The van der Waals surface area contributed by atoms with E-state index in [0.29, 0.717) is 6.61 Å². The van der Waals surface area contributed by atoms with Gasteiger partial charge >= 0.3 is 11.9 Å². The predicted molar refractivity (Wildman–Crippen MR) is 93.5 cm³/mol. The molecule has 0 aliphatic rings. The SMILES string of the molecule is CCOC(=O)/C=C/c1cc2ccccc2n1CC(=O)OC(C)(C)C. The Kier molecular flexibility index (Phi) is 5.44. The van der Waals surface area contributed by atoms with E-state index < -0.39 is 11.6 Å². The molecular weight excluding hydrogens is 306 g/mol. The van der Waals surface area contributed by atoms with Gasteiger partial charge in [0.25, 0.3) is 0 Å². The largest absolute Gasteiger partial charge is 0.463 e. The summed E-state index contributed by atoms with van der Waals surface area (Å²) in [5.74, 6) is -0.735. The number of aromatic nitrogens is 1. The van der Waals surface area contributed by atoms with E-state index in [1.165, 1.54) is 6.08 Å². The summed E-state index contributed by atoms with van der Waals surface area (Å²) in [6, 6.07) is 9.66. The Bertz CT molecular complexity index is 765. The lowest BCUT2D eigenvalue weighted by Gasteiger charge is -2.20. The Balaban J connectivity index is 2.33. The number of fused-ring (bicyclic) bond motifs is 1. The molecule has 5 heteroatoms. The van der Waals surface area contributed by atoms with Crippen LogP contribution in [-0.4, -0.2) is 28.7 Å². The average Bonchev–Trinajstić information content (AvgIpc) is 2.82. The molecule has 0 spiro atoms. The third kappa shape index (κ3) is 4.72. The summed E-state index contributed by atoms with van der Waals surface area (Å²) < 4.78 is 12.1. The smallest absolute Gasteiger partial charge is 0.330 e. The Morgan fingerprint density at radius 1 is 1.21 bits per heavy atom. The average molecular weight is 329 g/mol. The molecule has 128 valence electrons. The van der Waals surface area contributed by atoms with Crippen LogP contribution in [0.1, 0.15) is 33.4 Å². The number of benzene rings is 1. The molecule has 1 heterocycles. The number of nitrogens with zero attached hydrogens (tertiary/aromatic N) is 1. The van der Waals surface area contributed by atoms with Crippen LogP contribution in [0.5, 0.6) is 0 Å². The van der Waals surface area contributed by atoms with Crippen molar-refractivity contribution in [2.45, 2.75) is 39.8 Å². The first kappa shape index (κ1) is 17.8. The summed E-state index contributed by atoms with van der Waals surface area (Å²) in [4.78, 5) is 23.7. The van der Waals surface area contributed by atoms with Gasteiger partial charge in [0.1, 0.15) is 12.1 Å². The van der Waals surface area contributed by atoms with Crippen molar-refractivity contribution in [3.8, 4) is 0 Å². The zero-order valence-corrected chi connectivity index (χ0v) is 14.5. The highest BCUT2D eigenvalue weighted by Crippen LogP contribution is 2.21. The van der Waals surface area contributed by atoms with E-state index in [1.807, 2.05) is 55.7 Å². The predicted octanol–water partition coefficient (Wildman–Crippen LogP) is 3.56. The third-order valence-corrected chi connectivity index (χ3v) is 3.23. The van der Waals surface area contributed by atoms with Crippen molar-refractivity contribution in [1.29, 1.82) is 0 Å². The minimum absolute atomic E-state index is 0.0767. The Hall–Kier alpha value is -2.56. The van der Waals surface area contributed by atoms with E-state index in [0.717, 1.165) is 16.6 Å². The lowest BCUT2D eigenvalue weighted by molar-refractivity contribution is -0.155. The fraction of sp³-hybridized carbons (Fsp3) is 0.368. The van der Waals surface area contributed by atoms with Crippen LogP contribution >= 0.6 is 0 Å². The summed E-state index contributed by atoms with van der Waals surface area (Å²) in [6.07, 6.45) is 3.02. The van der Waals surface area contributed by atoms with Crippen molar-refractivity contribution >= 4 is 28.9 Å². The van der Waals surface area contributed by atoms with Gasteiger partial charge in [-0.15, -0.1) is 0 Å². The molecule has 0 amide bonds. The number of hydrogen-bond acceptors (Lipinski definition) is 4. The van der Waals surface area contributed by atoms with Crippen molar-refractivity contribution in [3.63, 3.8) is 0 Å². The molecule has 0 saturated carbocycles. The van der Waals surface area contributed by atoms with Gasteiger partial charge in [-0.3, -0.25) is 4.79 Å². The van der Waals surface area contributed by atoms with Gasteiger partial charge < -0.3 is 14.0 Å². The maximum atomic E-state index is 12.2. The molecular formula is C19H23NO4. The molecule has 0 N–H and O–H groups in total. The van der Waals surface area contributed by atoms with Gasteiger partial charge in [-0.2, -0.15) is 0 Å². The number of hydrogen-bond donors (Lipinski definition) is 0. The molecule has 24 heavy (non-hydrogen) atoms. The first-order chi connectivity index (χ1) is 11.3. The summed E-state index contributed by atoms with van der Waals surface area (Å²) in [5.41, 5.74) is 1.11. The quantitative estimate of drug-likeness (QED) is 0.622. The second kappa shape index (κ2) is 7.34. The lowest BCUT2D eigenvalue weighted by Crippen LogP contribution is -2.26. The fourth-order valence-electron chi connectivity index (χ4n) is 2.39. The Morgan fingerprint density at radius 3 is 2.58 bits per heavy atom. The van der Waals surface area contributed by atoms with Crippen molar-refractivity contribution in [2.75, 3.05) is 6.61 Å². The number of para-hydroxylation sites is 1. The zero-order valence-electron chi connectivity index (χ0n) is 14.5. The minimum Gasteiger partial charge on any atom is -0.463 e. The van der Waals surface area contributed by atoms with Crippen molar-refractivity contribution < 1.29 is 19.1 Å². The molecule has 0 unspecified atom stereocenters. The van der Waals surface area contributed by atoms with Gasteiger partial charge in [-0.1, -0.05) is 18.2 Å². The van der Waals surface area contributed by atoms with Crippen LogP contribution in [0.3, 0.4) is 0 Å². The number of carbonyl (C=O) groups is 2. The Morgan fingerprint density at radius 2 is 1.92 bits per heavy atom. The van der Waals surface area contributed by atoms with Crippen LogP contribution in [0.15, 0.2) is 36.4 Å². The number of ether oxygens (including phenoxy) is 2. The molecule has 0 radical (unpaired) electrons. The van der Waals surface area contributed by atoms with E-state index in [-0.39, 0.29) is 12.5 Å². The third-order valence-electron chi connectivity index (χ3n) is 3.23. The normalized spacial score (nSPS) is 11.8. The maximum Gasteiger partial charge on any atom is 0.330 e. The molecule has 0 bridgehead atoms. The van der Waals surface area contributed by atoms with E-state index >= 15 is 0 Å². The van der Waals surface area contributed by atoms with Crippen molar-refractivity contribution in [3.05, 3.63) is 42.1 Å². The van der Waals surface area contributed by atoms with Gasteiger partial charge in [-0.05, 0) is 45.9 Å². The van der Waals surface area contributed by atoms with Crippen LogP contribution in [0, 0.1) is 0 Å².